The van der Waals surface area contributed by atoms with E-state index >= 15 is 0 Å². The van der Waals surface area contributed by atoms with Crippen LogP contribution in [0.25, 0.3) is 0 Å². The van der Waals surface area contributed by atoms with Gasteiger partial charge in [0.1, 0.15) is 5.75 Å². The van der Waals surface area contributed by atoms with Gasteiger partial charge in [0.2, 0.25) is 0 Å². The average molecular weight is 341 g/mol. The highest BCUT2D eigenvalue weighted by Crippen LogP contribution is 2.27. The van der Waals surface area contributed by atoms with Crippen molar-refractivity contribution >= 4 is 39.0 Å². The van der Waals surface area contributed by atoms with Crippen molar-refractivity contribution in [2.75, 3.05) is 12.8 Å². The van der Waals surface area contributed by atoms with E-state index in [-0.39, 0.29) is 5.78 Å². The number of hydrogen-bond acceptors (Lipinski definition) is 3. The number of rotatable bonds is 3. The molecular formula is C14H11BrClNO2. The van der Waals surface area contributed by atoms with Crippen molar-refractivity contribution in [3.05, 3.63) is 57.0 Å². The predicted octanol–water partition coefficient (Wildman–Crippen LogP) is 3.92. The number of hydrogen-bond donors (Lipinski definition) is 1. The standard InChI is InChI=1S/C14H11BrClNO2/c1-19-9-3-4-10(11(15)7-9)14(18)8-2-5-13(17)12(16)6-8/h2-7H,17H2,1H3. The summed E-state index contributed by atoms with van der Waals surface area (Å²) in [5, 5.41) is 0.371. The van der Waals surface area contributed by atoms with Gasteiger partial charge in [-0.05, 0) is 52.3 Å². The summed E-state index contributed by atoms with van der Waals surface area (Å²) in [7, 11) is 1.57. The Morgan fingerprint density at radius 1 is 1.26 bits per heavy atom. The first-order chi connectivity index (χ1) is 9.02. The van der Waals surface area contributed by atoms with E-state index in [0.717, 1.165) is 0 Å². The minimum atomic E-state index is -0.128. The molecule has 0 saturated heterocycles. The Labute approximate surface area is 124 Å². The SMILES string of the molecule is COc1ccc(C(=O)c2ccc(N)c(Cl)c2)c(Br)c1. The zero-order chi connectivity index (χ0) is 14.0. The molecule has 3 nitrogen and oxygen atoms in total. The van der Waals surface area contributed by atoms with Crippen LogP contribution in [0.3, 0.4) is 0 Å². The Kier molecular flexibility index (Phi) is 4.12. The molecular weight excluding hydrogens is 330 g/mol. The van der Waals surface area contributed by atoms with Gasteiger partial charge in [-0.1, -0.05) is 11.6 Å². The van der Waals surface area contributed by atoms with Gasteiger partial charge in [-0.2, -0.15) is 0 Å². The van der Waals surface area contributed by atoms with E-state index in [1.165, 1.54) is 0 Å². The van der Waals surface area contributed by atoms with E-state index in [2.05, 4.69) is 15.9 Å². The Hall–Kier alpha value is -1.52. The highest BCUT2D eigenvalue weighted by molar-refractivity contribution is 9.10. The average Bonchev–Trinajstić information content (AvgIpc) is 2.41. The zero-order valence-corrected chi connectivity index (χ0v) is 12.5. The van der Waals surface area contributed by atoms with Crippen molar-refractivity contribution in [3.63, 3.8) is 0 Å². The summed E-state index contributed by atoms with van der Waals surface area (Å²) in [6.07, 6.45) is 0. The van der Waals surface area contributed by atoms with Crippen LogP contribution in [0, 0.1) is 0 Å². The normalized spacial score (nSPS) is 10.3. The molecule has 5 heteroatoms. The van der Waals surface area contributed by atoms with Gasteiger partial charge >= 0.3 is 0 Å². The van der Waals surface area contributed by atoms with Crippen molar-refractivity contribution in [3.8, 4) is 5.75 Å². The first-order valence-corrected chi connectivity index (χ1v) is 6.63. The van der Waals surface area contributed by atoms with E-state index in [4.69, 9.17) is 22.1 Å². The van der Waals surface area contributed by atoms with Gasteiger partial charge in [-0.15, -0.1) is 0 Å². The molecule has 0 unspecified atom stereocenters. The van der Waals surface area contributed by atoms with Gasteiger partial charge < -0.3 is 10.5 Å². The molecule has 0 aliphatic heterocycles. The molecule has 0 aliphatic rings. The second-order valence-corrected chi connectivity index (χ2v) is 5.17. The van der Waals surface area contributed by atoms with Crippen molar-refractivity contribution in [1.82, 2.24) is 0 Å². The van der Waals surface area contributed by atoms with E-state index in [1.807, 2.05) is 0 Å². The lowest BCUT2D eigenvalue weighted by Crippen LogP contribution is -2.03. The number of methoxy groups -OCH3 is 1. The number of ether oxygens (including phenoxy) is 1. The molecule has 0 heterocycles. The topological polar surface area (TPSA) is 52.3 Å². The second-order valence-electron chi connectivity index (χ2n) is 3.91. The van der Waals surface area contributed by atoms with Crippen LogP contribution in [0.5, 0.6) is 5.75 Å². The lowest BCUT2D eigenvalue weighted by atomic mass is 10.0. The molecule has 0 bridgehead atoms. The zero-order valence-electron chi connectivity index (χ0n) is 10.1. The number of halogens is 2. The number of carbonyl (C=O) groups is 1. The van der Waals surface area contributed by atoms with Crippen LogP contribution in [0.1, 0.15) is 15.9 Å². The molecule has 0 spiro atoms. The van der Waals surface area contributed by atoms with Crippen LogP contribution in [-0.4, -0.2) is 12.9 Å². The molecule has 2 aromatic rings. The molecule has 2 rings (SSSR count). The Balaban J connectivity index is 2.41. The highest BCUT2D eigenvalue weighted by Gasteiger charge is 2.14. The summed E-state index contributed by atoms with van der Waals surface area (Å²) < 4.78 is 5.76. The summed E-state index contributed by atoms with van der Waals surface area (Å²) in [5.74, 6) is 0.551. The van der Waals surface area contributed by atoms with Crippen LogP contribution < -0.4 is 10.5 Å². The van der Waals surface area contributed by atoms with Gasteiger partial charge in [0, 0.05) is 15.6 Å². The minimum Gasteiger partial charge on any atom is -0.497 e. The maximum Gasteiger partial charge on any atom is 0.194 e. The molecule has 98 valence electrons. The van der Waals surface area contributed by atoms with E-state index in [9.17, 15) is 4.79 Å². The van der Waals surface area contributed by atoms with Crippen molar-refractivity contribution in [2.45, 2.75) is 0 Å². The number of carbonyl (C=O) groups excluding carboxylic acids is 1. The van der Waals surface area contributed by atoms with E-state index < -0.39 is 0 Å². The van der Waals surface area contributed by atoms with Crippen molar-refractivity contribution < 1.29 is 9.53 Å². The maximum atomic E-state index is 12.4. The fraction of sp³-hybridized carbons (Fsp3) is 0.0714. The lowest BCUT2D eigenvalue weighted by Gasteiger charge is -2.07. The summed E-state index contributed by atoms with van der Waals surface area (Å²) in [6.45, 7) is 0. The van der Waals surface area contributed by atoms with Crippen LogP contribution in [0.4, 0.5) is 5.69 Å². The Morgan fingerprint density at radius 3 is 2.58 bits per heavy atom. The number of nitrogen functional groups attached to an aromatic ring is 1. The lowest BCUT2D eigenvalue weighted by molar-refractivity contribution is 0.103. The quantitative estimate of drug-likeness (QED) is 0.680. The molecule has 2 aromatic carbocycles. The smallest absolute Gasteiger partial charge is 0.194 e. The number of ketones is 1. The molecule has 19 heavy (non-hydrogen) atoms. The third-order valence-electron chi connectivity index (χ3n) is 2.68. The monoisotopic (exact) mass is 339 g/mol. The maximum absolute atomic E-state index is 12.4. The van der Waals surface area contributed by atoms with Gasteiger partial charge in [0.15, 0.2) is 5.78 Å². The first-order valence-electron chi connectivity index (χ1n) is 5.46. The van der Waals surface area contributed by atoms with Crippen LogP contribution in [-0.2, 0) is 0 Å². The van der Waals surface area contributed by atoms with Crippen molar-refractivity contribution in [2.24, 2.45) is 0 Å². The summed E-state index contributed by atoms with van der Waals surface area (Å²) in [6, 6.07) is 10.0. The summed E-state index contributed by atoms with van der Waals surface area (Å²) in [5.41, 5.74) is 7.11. The second kappa shape index (κ2) is 5.63. The molecule has 0 aromatic heterocycles. The fourth-order valence-corrected chi connectivity index (χ4v) is 2.35. The van der Waals surface area contributed by atoms with Crippen molar-refractivity contribution in [1.29, 1.82) is 0 Å². The Morgan fingerprint density at radius 2 is 2.00 bits per heavy atom. The van der Waals surface area contributed by atoms with Gasteiger partial charge in [0.05, 0.1) is 17.8 Å². The third kappa shape index (κ3) is 2.91. The molecule has 0 saturated carbocycles. The molecule has 0 atom stereocenters. The predicted molar refractivity (Wildman–Crippen MR) is 80.0 cm³/mol. The Bertz CT molecular complexity index is 643. The van der Waals surface area contributed by atoms with Gasteiger partial charge in [0.25, 0.3) is 0 Å². The molecule has 2 N–H and O–H groups in total. The largest absolute Gasteiger partial charge is 0.497 e. The fourth-order valence-electron chi connectivity index (χ4n) is 1.63. The highest BCUT2D eigenvalue weighted by atomic mass is 79.9. The van der Waals surface area contributed by atoms with E-state index in [0.29, 0.717) is 32.1 Å². The van der Waals surface area contributed by atoms with Crippen LogP contribution >= 0.6 is 27.5 Å². The van der Waals surface area contributed by atoms with Gasteiger partial charge in [-0.25, -0.2) is 0 Å². The molecule has 0 aliphatic carbocycles. The molecule has 0 fully saturated rings. The summed E-state index contributed by atoms with van der Waals surface area (Å²) in [4.78, 5) is 12.4. The van der Waals surface area contributed by atoms with Crippen LogP contribution in [0.2, 0.25) is 5.02 Å². The number of benzene rings is 2. The summed E-state index contributed by atoms with van der Waals surface area (Å²) >= 11 is 9.28. The van der Waals surface area contributed by atoms with Gasteiger partial charge in [-0.3, -0.25) is 4.79 Å². The minimum absolute atomic E-state index is 0.128. The molecule has 0 radical (unpaired) electrons. The molecule has 0 amide bonds. The van der Waals surface area contributed by atoms with Crippen LogP contribution in [0.15, 0.2) is 40.9 Å². The van der Waals surface area contributed by atoms with E-state index in [1.54, 1.807) is 43.5 Å². The first kappa shape index (κ1) is 13.9. The number of nitrogens with two attached hydrogens (primary N) is 1. The number of anilines is 1. The third-order valence-corrected chi connectivity index (χ3v) is 3.67.